The summed E-state index contributed by atoms with van der Waals surface area (Å²) in [6, 6.07) is 11.9. The number of nitrogens with one attached hydrogen (secondary N) is 1. The zero-order chi connectivity index (χ0) is 20.4. The highest BCUT2D eigenvalue weighted by atomic mass is 16.3. The van der Waals surface area contributed by atoms with Crippen molar-refractivity contribution in [3.63, 3.8) is 0 Å². The largest absolute Gasteiger partial charge is 0.456 e. The van der Waals surface area contributed by atoms with Crippen LogP contribution in [0.2, 0.25) is 0 Å². The maximum Gasteiger partial charge on any atom is 0.289 e. The molecule has 1 aliphatic carbocycles. The van der Waals surface area contributed by atoms with Gasteiger partial charge < -0.3 is 14.6 Å². The summed E-state index contributed by atoms with van der Waals surface area (Å²) in [5.41, 5.74) is 2.30. The minimum Gasteiger partial charge on any atom is -0.456 e. The zero-order valence-corrected chi connectivity index (χ0v) is 17.4. The van der Waals surface area contributed by atoms with Crippen LogP contribution in [0.25, 0.3) is 0 Å². The molecule has 2 fully saturated rings. The van der Waals surface area contributed by atoms with Crippen LogP contribution in [0.5, 0.6) is 0 Å². The molecule has 5 heteroatoms. The van der Waals surface area contributed by atoms with Crippen LogP contribution in [-0.4, -0.2) is 35.3 Å². The van der Waals surface area contributed by atoms with Crippen molar-refractivity contribution in [2.24, 2.45) is 5.92 Å². The molecule has 1 unspecified atom stereocenters. The molecule has 2 aliphatic rings. The molecular formula is C24H30N2O3. The Kier molecular flexibility index (Phi) is 5.48. The maximum atomic E-state index is 12.8. The Morgan fingerprint density at radius 1 is 1.21 bits per heavy atom. The standard InChI is InChI=1S/C24H30N2O3/c1-17-5-3-6-19(15-17)9-11-22(27)25-24(12-13-24)20-7-4-14-26(16-20)23(28)21-10-8-18(2)29-21/h3,5-6,8,10,15,20H,4,7,9,11-14,16H2,1-2H3,(H,25,27). The van der Waals surface area contributed by atoms with Crippen LogP contribution in [0.4, 0.5) is 0 Å². The van der Waals surface area contributed by atoms with Crippen LogP contribution in [0.15, 0.2) is 40.8 Å². The highest BCUT2D eigenvalue weighted by molar-refractivity contribution is 5.91. The fraction of sp³-hybridized carbons (Fsp3) is 0.500. The molecule has 0 bridgehead atoms. The van der Waals surface area contributed by atoms with E-state index in [0.717, 1.165) is 44.4 Å². The summed E-state index contributed by atoms with van der Waals surface area (Å²) in [6.07, 6.45) is 5.31. The van der Waals surface area contributed by atoms with Crippen LogP contribution in [0, 0.1) is 19.8 Å². The van der Waals surface area contributed by atoms with Gasteiger partial charge in [-0.25, -0.2) is 0 Å². The topological polar surface area (TPSA) is 62.6 Å². The molecule has 0 spiro atoms. The molecule has 1 aromatic heterocycles. The van der Waals surface area contributed by atoms with E-state index < -0.39 is 0 Å². The fourth-order valence-electron chi connectivity index (χ4n) is 4.55. The first kappa shape index (κ1) is 19.7. The van der Waals surface area contributed by atoms with Gasteiger partial charge in [0, 0.05) is 25.0 Å². The Hall–Kier alpha value is -2.56. The van der Waals surface area contributed by atoms with Crippen LogP contribution >= 0.6 is 0 Å². The summed E-state index contributed by atoms with van der Waals surface area (Å²) in [7, 11) is 0. The average molecular weight is 395 g/mol. The number of likely N-dealkylation sites (tertiary alicyclic amines) is 1. The van der Waals surface area contributed by atoms with E-state index in [1.807, 2.05) is 24.0 Å². The number of furan rings is 1. The number of amides is 2. The Morgan fingerprint density at radius 2 is 2.03 bits per heavy atom. The van der Waals surface area contributed by atoms with Gasteiger partial charge in [0.15, 0.2) is 5.76 Å². The predicted octanol–water partition coefficient (Wildman–Crippen LogP) is 4.03. The molecule has 2 heterocycles. The van der Waals surface area contributed by atoms with Gasteiger partial charge in [-0.1, -0.05) is 29.8 Å². The fourth-order valence-corrected chi connectivity index (χ4v) is 4.55. The monoisotopic (exact) mass is 394 g/mol. The predicted molar refractivity (Wildman–Crippen MR) is 112 cm³/mol. The third-order valence-electron chi connectivity index (χ3n) is 6.34. The van der Waals surface area contributed by atoms with Gasteiger partial charge in [-0.15, -0.1) is 0 Å². The number of carbonyl (C=O) groups excluding carboxylic acids is 2. The molecule has 154 valence electrons. The summed E-state index contributed by atoms with van der Waals surface area (Å²) >= 11 is 0. The van der Waals surface area contributed by atoms with Crippen molar-refractivity contribution in [3.05, 3.63) is 59.0 Å². The van der Waals surface area contributed by atoms with Gasteiger partial charge >= 0.3 is 0 Å². The van der Waals surface area contributed by atoms with Crippen molar-refractivity contribution in [1.82, 2.24) is 10.2 Å². The number of carbonyl (C=O) groups is 2. The Labute approximate surface area is 172 Å². The number of nitrogens with zero attached hydrogens (tertiary/aromatic N) is 1. The van der Waals surface area contributed by atoms with Gasteiger partial charge in [0.1, 0.15) is 5.76 Å². The molecule has 4 rings (SSSR count). The van der Waals surface area contributed by atoms with E-state index in [0.29, 0.717) is 24.6 Å². The molecule has 1 aromatic carbocycles. The first-order valence-corrected chi connectivity index (χ1v) is 10.7. The third kappa shape index (κ3) is 4.55. The minimum absolute atomic E-state index is 0.0376. The quantitative estimate of drug-likeness (QED) is 0.805. The average Bonchev–Trinajstić information content (AvgIpc) is 3.37. The lowest BCUT2D eigenvalue weighted by atomic mass is 9.88. The molecule has 1 N–H and O–H groups in total. The molecule has 1 saturated carbocycles. The van der Waals surface area contributed by atoms with E-state index in [2.05, 4.69) is 30.4 Å². The molecule has 0 radical (unpaired) electrons. The molecule has 5 nitrogen and oxygen atoms in total. The summed E-state index contributed by atoms with van der Waals surface area (Å²) < 4.78 is 5.52. The second-order valence-electron chi connectivity index (χ2n) is 8.69. The lowest BCUT2D eigenvalue weighted by Crippen LogP contribution is -2.50. The van der Waals surface area contributed by atoms with Gasteiger partial charge in [-0.3, -0.25) is 9.59 Å². The van der Waals surface area contributed by atoms with E-state index in [1.54, 1.807) is 6.07 Å². The SMILES string of the molecule is Cc1cccc(CCC(=O)NC2(C3CCCN(C(=O)c4ccc(C)o4)C3)CC2)c1. The minimum atomic E-state index is -0.123. The summed E-state index contributed by atoms with van der Waals surface area (Å²) in [5.74, 6) is 1.56. The van der Waals surface area contributed by atoms with Crippen molar-refractivity contribution >= 4 is 11.8 Å². The Bertz CT molecular complexity index is 897. The first-order chi connectivity index (χ1) is 13.9. The molecule has 29 heavy (non-hydrogen) atoms. The summed E-state index contributed by atoms with van der Waals surface area (Å²) in [4.78, 5) is 27.3. The number of piperidine rings is 1. The van der Waals surface area contributed by atoms with Crippen molar-refractivity contribution in [3.8, 4) is 0 Å². The maximum absolute atomic E-state index is 12.8. The molecule has 2 amide bonds. The highest BCUT2D eigenvalue weighted by Gasteiger charge is 2.51. The molecule has 1 saturated heterocycles. The number of hydrogen-bond acceptors (Lipinski definition) is 3. The molecule has 1 atom stereocenters. The number of aryl methyl sites for hydroxylation is 3. The van der Waals surface area contributed by atoms with E-state index >= 15 is 0 Å². The Morgan fingerprint density at radius 3 is 2.72 bits per heavy atom. The first-order valence-electron chi connectivity index (χ1n) is 10.7. The lowest BCUT2D eigenvalue weighted by molar-refractivity contribution is -0.122. The van der Waals surface area contributed by atoms with Gasteiger partial charge in [0.25, 0.3) is 5.91 Å². The van der Waals surface area contributed by atoms with E-state index in [1.165, 1.54) is 11.1 Å². The highest BCUT2D eigenvalue weighted by Crippen LogP contribution is 2.46. The van der Waals surface area contributed by atoms with Crippen molar-refractivity contribution in [2.75, 3.05) is 13.1 Å². The number of hydrogen-bond donors (Lipinski definition) is 1. The summed E-state index contributed by atoms with van der Waals surface area (Å²) in [6.45, 7) is 5.37. The van der Waals surface area contributed by atoms with Crippen molar-refractivity contribution in [1.29, 1.82) is 0 Å². The van der Waals surface area contributed by atoms with Gasteiger partial charge in [-0.05, 0) is 69.6 Å². The van der Waals surface area contributed by atoms with E-state index in [4.69, 9.17) is 4.42 Å². The van der Waals surface area contributed by atoms with Crippen LogP contribution in [-0.2, 0) is 11.2 Å². The second-order valence-corrected chi connectivity index (χ2v) is 8.69. The van der Waals surface area contributed by atoms with Gasteiger partial charge in [0.2, 0.25) is 5.91 Å². The zero-order valence-electron chi connectivity index (χ0n) is 17.4. The lowest BCUT2D eigenvalue weighted by Gasteiger charge is -2.37. The number of benzene rings is 1. The molecule has 1 aliphatic heterocycles. The molecular weight excluding hydrogens is 364 g/mol. The molecule has 2 aromatic rings. The van der Waals surface area contributed by atoms with Gasteiger partial charge in [0.05, 0.1) is 0 Å². The van der Waals surface area contributed by atoms with E-state index in [9.17, 15) is 9.59 Å². The normalized spacial score (nSPS) is 20.3. The Balaban J connectivity index is 1.33. The van der Waals surface area contributed by atoms with Crippen LogP contribution in [0.1, 0.15) is 59.5 Å². The number of rotatable bonds is 6. The third-order valence-corrected chi connectivity index (χ3v) is 6.34. The van der Waals surface area contributed by atoms with Crippen molar-refractivity contribution in [2.45, 2.75) is 57.9 Å². The second kappa shape index (κ2) is 8.05. The van der Waals surface area contributed by atoms with Crippen LogP contribution < -0.4 is 5.32 Å². The smallest absolute Gasteiger partial charge is 0.289 e. The van der Waals surface area contributed by atoms with Crippen LogP contribution in [0.3, 0.4) is 0 Å². The van der Waals surface area contributed by atoms with Gasteiger partial charge in [-0.2, -0.15) is 0 Å². The summed E-state index contributed by atoms with van der Waals surface area (Å²) in [5, 5.41) is 3.32. The van der Waals surface area contributed by atoms with E-state index in [-0.39, 0.29) is 17.4 Å². The van der Waals surface area contributed by atoms with Crippen molar-refractivity contribution < 1.29 is 14.0 Å².